The third-order valence-electron chi connectivity index (χ3n) is 2.38. The van der Waals surface area contributed by atoms with Crippen molar-refractivity contribution >= 4 is 23.6 Å². The number of carbonyl (C=O) groups is 2. The number of rotatable bonds is 5. The first-order chi connectivity index (χ1) is 8.40. The Kier molecular flexibility index (Phi) is 5.22. The Morgan fingerprint density at radius 2 is 2.06 bits per heavy atom. The number of ether oxygens (including phenoxy) is 1. The van der Waals surface area contributed by atoms with E-state index in [2.05, 4.69) is 6.07 Å². The van der Waals surface area contributed by atoms with Crippen LogP contribution < -0.4 is 5.73 Å². The summed E-state index contributed by atoms with van der Waals surface area (Å²) >= 11 is 1.39. The zero-order valence-electron chi connectivity index (χ0n) is 10.7. The van der Waals surface area contributed by atoms with Crippen LogP contribution >= 0.6 is 11.8 Å². The molecule has 0 aliphatic heterocycles. The van der Waals surface area contributed by atoms with Gasteiger partial charge < -0.3 is 10.5 Å². The van der Waals surface area contributed by atoms with Gasteiger partial charge in [-0.05, 0) is 32.4 Å². The molecule has 5 heteroatoms. The van der Waals surface area contributed by atoms with Gasteiger partial charge in [-0.3, -0.25) is 9.59 Å². The Balaban J connectivity index is 2.50. The van der Waals surface area contributed by atoms with Gasteiger partial charge in [-0.1, -0.05) is 17.7 Å². The fourth-order valence-corrected chi connectivity index (χ4v) is 2.18. The van der Waals surface area contributed by atoms with E-state index in [1.807, 2.05) is 26.0 Å². The van der Waals surface area contributed by atoms with Gasteiger partial charge in [0.05, 0.1) is 5.75 Å². The van der Waals surface area contributed by atoms with Crippen LogP contribution in [0.5, 0.6) is 0 Å². The summed E-state index contributed by atoms with van der Waals surface area (Å²) in [5.41, 5.74) is 7.31. The molecular formula is C13H17NO3S. The van der Waals surface area contributed by atoms with Gasteiger partial charge in [-0.15, -0.1) is 11.8 Å². The van der Waals surface area contributed by atoms with E-state index in [9.17, 15) is 9.59 Å². The van der Waals surface area contributed by atoms with E-state index in [-0.39, 0.29) is 5.75 Å². The van der Waals surface area contributed by atoms with Gasteiger partial charge in [0.15, 0.2) is 6.10 Å². The predicted molar refractivity (Wildman–Crippen MR) is 71.4 cm³/mol. The van der Waals surface area contributed by atoms with E-state index in [1.165, 1.54) is 24.2 Å². The van der Waals surface area contributed by atoms with Gasteiger partial charge in [0, 0.05) is 4.90 Å². The maximum Gasteiger partial charge on any atom is 0.317 e. The van der Waals surface area contributed by atoms with Gasteiger partial charge in [-0.25, -0.2) is 0 Å². The number of primary amides is 1. The Morgan fingerprint density at radius 1 is 1.39 bits per heavy atom. The van der Waals surface area contributed by atoms with Gasteiger partial charge in [0.1, 0.15) is 0 Å². The van der Waals surface area contributed by atoms with E-state index in [4.69, 9.17) is 10.5 Å². The van der Waals surface area contributed by atoms with Crippen LogP contribution in [0.2, 0.25) is 0 Å². The third kappa shape index (κ3) is 4.41. The number of esters is 1. The molecular weight excluding hydrogens is 250 g/mol. The maximum absolute atomic E-state index is 11.5. The molecule has 0 saturated carbocycles. The minimum atomic E-state index is -0.878. The number of aryl methyl sites for hydroxylation is 2. The molecule has 0 saturated heterocycles. The van der Waals surface area contributed by atoms with Crippen LogP contribution in [0.1, 0.15) is 18.1 Å². The van der Waals surface area contributed by atoms with Crippen LogP contribution in [0, 0.1) is 13.8 Å². The molecule has 1 aromatic rings. The average Bonchev–Trinajstić information content (AvgIpc) is 2.27. The van der Waals surface area contributed by atoms with Crippen molar-refractivity contribution in [1.82, 2.24) is 0 Å². The molecule has 0 heterocycles. The Bertz CT molecular complexity index is 460. The number of benzene rings is 1. The highest BCUT2D eigenvalue weighted by atomic mass is 32.2. The van der Waals surface area contributed by atoms with Crippen molar-refractivity contribution in [3.05, 3.63) is 29.3 Å². The molecule has 98 valence electrons. The summed E-state index contributed by atoms with van der Waals surface area (Å²) in [7, 11) is 0. The fourth-order valence-electron chi connectivity index (χ4n) is 1.39. The minimum Gasteiger partial charge on any atom is -0.452 e. The summed E-state index contributed by atoms with van der Waals surface area (Å²) < 4.78 is 4.86. The van der Waals surface area contributed by atoms with Crippen LogP contribution in [0.25, 0.3) is 0 Å². The van der Waals surface area contributed by atoms with Crippen molar-refractivity contribution < 1.29 is 14.3 Å². The first-order valence-electron chi connectivity index (χ1n) is 5.59. The summed E-state index contributed by atoms with van der Waals surface area (Å²) in [4.78, 5) is 23.2. The molecule has 0 spiro atoms. The fraction of sp³-hybridized carbons (Fsp3) is 0.385. The SMILES string of the molecule is Cc1ccc(SCC(=O)O[C@@H](C)C(N)=O)c(C)c1. The number of thioether (sulfide) groups is 1. The number of hydrogen-bond acceptors (Lipinski definition) is 4. The van der Waals surface area contributed by atoms with Crippen molar-refractivity contribution in [2.75, 3.05) is 5.75 Å². The number of amides is 1. The maximum atomic E-state index is 11.5. The Labute approximate surface area is 111 Å². The number of nitrogens with two attached hydrogens (primary N) is 1. The predicted octanol–water partition coefficient (Wildman–Crippen LogP) is 1.81. The minimum absolute atomic E-state index is 0.168. The molecule has 18 heavy (non-hydrogen) atoms. The largest absolute Gasteiger partial charge is 0.452 e. The van der Waals surface area contributed by atoms with Gasteiger partial charge >= 0.3 is 5.97 Å². The van der Waals surface area contributed by atoms with E-state index >= 15 is 0 Å². The molecule has 0 aromatic heterocycles. The standard InChI is InChI=1S/C13H17NO3S/c1-8-4-5-11(9(2)6-8)18-7-12(15)17-10(3)13(14)16/h4-6,10H,7H2,1-3H3,(H2,14,16)/t10-/m0/s1. The Hall–Kier alpha value is -1.49. The van der Waals surface area contributed by atoms with E-state index in [0.29, 0.717) is 0 Å². The van der Waals surface area contributed by atoms with Crippen molar-refractivity contribution in [1.29, 1.82) is 0 Å². The molecule has 1 atom stereocenters. The van der Waals surface area contributed by atoms with Crippen molar-refractivity contribution in [3.8, 4) is 0 Å². The van der Waals surface area contributed by atoms with Gasteiger partial charge in [0.25, 0.3) is 5.91 Å². The average molecular weight is 267 g/mol. The van der Waals surface area contributed by atoms with Gasteiger partial charge in [-0.2, -0.15) is 0 Å². The number of carbonyl (C=O) groups excluding carboxylic acids is 2. The smallest absolute Gasteiger partial charge is 0.317 e. The van der Waals surface area contributed by atoms with Gasteiger partial charge in [0.2, 0.25) is 0 Å². The highest BCUT2D eigenvalue weighted by Crippen LogP contribution is 2.23. The quantitative estimate of drug-likeness (QED) is 0.652. The van der Waals surface area contributed by atoms with Crippen LogP contribution in [-0.4, -0.2) is 23.7 Å². The highest BCUT2D eigenvalue weighted by molar-refractivity contribution is 8.00. The van der Waals surface area contributed by atoms with Crippen LogP contribution in [-0.2, 0) is 14.3 Å². The third-order valence-corrected chi connectivity index (χ3v) is 3.53. The molecule has 0 fully saturated rings. The zero-order chi connectivity index (χ0) is 13.7. The normalized spacial score (nSPS) is 11.9. The van der Waals surface area contributed by atoms with E-state index in [1.54, 1.807) is 0 Å². The van der Waals surface area contributed by atoms with E-state index in [0.717, 1.165) is 10.5 Å². The van der Waals surface area contributed by atoms with E-state index < -0.39 is 18.0 Å². The summed E-state index contributed by atoms with van der Waals surface area (Å²) in [5, 5.41) is 0. The first-order valence-corrected chi connectivity index (χ1v) is 6.57. The molecule has 0 aliphatic rings. The molecule has 1 amide bonds. The molecule has 1 aromatic carbocycles. The lowest BCUT2D eigenvalue weighted by atomic mass is 10.2. The molecule has 0 aliphatic carbocycles. The molecule has 0 unspecified atom stereocenters. The second-order valence-corrected chi connectivity index (χ2v) is 5.11. The lowest BCUT2D eigenvalue weighted by Crippen LogP contribution is -2.31. The van der Waals surface area contributed by atoms with Crippen molar-refractivity contribution in [2.45, 2.75) is 31.8 Å². The number of hydrogen-bond donors (Lipinski definition) is 1. The van der Waals surface area contributed by atoms with Crippen LogP contribution in [0.15, 0.2) is 23.1 Å². The first kappa shape index (κ1) is 14.6. The van der Waals surface area contributed by atoms with Crippen LogP contribution in [0.4, 0.5) is 0 Å². The topological polar surface area (TPSA) is 69.4 Å². The molecule has 2 N–H and O–H groups in total. The molecule has 1 rings (SSSR count). The molecule has 4 nitrogen and oxygen atoms in total. The highest BCUT2D eigenvalue weighted by Gasteiger charge is 2.14. The summed E-state index contributed by atoms with van der Waals surface area (Å²) in [6.07, 6.45) is -0.878. The van der Waals surface area contributed by atoms with Crippen LogP contribution in [0.3, 0.4) is 0 Å². The lowest BCUT2D eigenvalue weighted by Gasteiger charge is -2.10. The second-order valence-electron chi connectivity index (χ2n) is 4.09. The van der Waals surface area contributed by atoms with Crippen molar-refractivity contribution in [3.63, 3.8) is 0 Å². The molecule has 0 bridgehead atoms. The lowest BCUT2D eigenvalue weighted by molar-refractivity contribution is -0.151. The summed E-state index contributed by atoms with van der Waals surface area (Å²) in [6.45, 7) is 5.47. The Morgan fingerprint density at radius 3 is 2.61 bits per heavy atom. The second kappa shape index (κ2) is 6.44. The zero-order valence-corrected chi connectivity index (χ0v) is 11.5. The monoisotopic (exact) mass is 267 g/mol. The summed E-state index contributed by atoms with van der Waals surface area (Å²) in [6, 6.07) is 6.02. The summed E-state index contributed by atoms with van der Waals surface area (Å²) in [5.74, 6) is -0.909. The molecule has 0 radical (unpaired) electrons. The van der Waals surface area contributed by atoms with Crippen molar-refractivity contribution in [2.24, 2.45) is 5.73 Å².